The maximum Gasteiger partial charge on any atom is 0.244 e. The highest BCUT2D eigenvalue weighted by molar-refractivity contribution is 7.93. The average Bonchev–Trinajstić information content (AvgIpc) is 3.07. The molecule has 2 aromatic rings. The van der Waals surface area contributed by atoms with Crippen LogP contribution in [0.3, 0.4) is 0 Å². The summed E-state index contributed by atoms with van der Waals surface area (Å²) in [4.78, 5) is 28.3. The zero-order chi connectivity index (χ0) is 19.2. The van der Waals surface area contributed by atoms with E-state index in [1.54, 1.807) is 36.6 Å². The Hall–Kier alpha value is -2.46. The first kappa shape index (κ1) is 19.9. The lowest BCUT2D eigenvalue weighted by molar-refractivity contribution is -0.115. The zero-order valence-electron chi connectivity index (χ0n) is 14.3. The number of carbonyl (C=O) groups excluding carboxylic acids is 2. The normalized spacial score (nSPS) is 12.2. The van der Waals surface area contributed by atoms with E-state index in [0.29, 0.717) is 16.6 Å². The van der Waals surface area contributed by atoms with Crippen LogP contribution in [0.4, 0.5) is 10.8 Å². The van der Waals surface area contributed by atoms with E-state index >= 15 is 0 Å². The predicted octanol–water partition coefficient (Wildman–Crippen LogP) is 1.92. The van der Waals surface area contributed by atoms with E-state index in [1.807, 2.05) is 0 Å². The Morgan fingerprint density at radius 2 is 2.00 bits per heavy atom. The van der Waals surface area contributed by atoms with Crippen molar-refractivity contribution in [1.82, 2.24) is 4.98 Å². The molecular weight excluding hydrogens is 378 g/mol. The van der Waals surface area contributed by atoms with Gasteiger partial charge in [-0.05, 0) is 18.6 Å². The van der Waals surface area contributed by atoms with Crippen molar-refractivity contribution in [3.8, 4) is 5.75 Å². The van der Waals surface area contributed by atoms with E-state index in [0.717, 1.165) is 0 Å². The molecule has 2 N–H and O–H groups in total. The van der Waals surface area contributed by atoms with Gasteiger partial charge in [0.15, 0.2) is 15.0 Å². The van der Waals surface area contributed by atoms with Crippen LogP contribution >= 0.6 is 11.3 Å². The summed E-state index contributed by atoms with van der Waals surface area (Å²) in [6, 6.07) is 6.64. The van der Waals surface area contributed by atoms with E-state index in [2.05, 4.69) is 15.6 Å². The van der Waals surface area contributed by atoms with Crippen LogP contribution in [0, 0.1) is 0 Å². The number of sulfone groups is 1. The first-order valence-corrected chi connectivity index (χ1v) is 10.3. The van der Waals surface area contributed by atoms with Gasteiger partial charge in [-0.15, -0.1) is 11.3 Å². The Kier molecular flexibility index (Phi) is 6.70. The number of amides is 2. The van der Waals surface area contributed by atoms with Gasteiger partial charge in [-0.1, -0.05) is 19.1 Å². The first-order chi connectivity index (χ1) is 12.4. The van der Waals surface area contributed by atoms with Gasteiger partial charge in [-0.3, -0.25) is 9.59 Å². The maximum absolute atomic E-state index is 12.5. The van der Waals surface area contributed by atoms with Crippen LogP contribution in [0.25, 0.3) is 0 Å². The van der Waals surface area contributed by atoms with E-state index < -0.39 is 32.7 Å². The van der Waals surface area contributed by atoms with Crippen LogP contribution in [-0.4, -0.2) is 43.3 Å². The van der Waals surface area contributed by atoms with Gasteiger partial charge in [-0.2, -0.15) is 0 Å². The van der Waals surface area contributed by atoms with Gasteiger partial charge >= 0.3 is 0 Å². The molecule has 0 radical (unpaired) electrons. The molecule has 0 aliphatic heterocycles. The number of benzene rings is 1. The van der Waals surface area contributed by atoms with E-state index in [9.17, 15) is 18.0 Å². The van der Waals surface area contributed by atoms with Gasteiger partial charge in [0.05, 0.1) is 12.8 Å². The number of para-hydroxylation sites is 2. The van der Waals surface area contributed by atoms with Gasteiger partial charge in [-0.25, -0.2) is 13.4 Å². The summed E-state index contributed by atoms with van der Waals surface area (Å²) >= 11 is 1.18. The van der Waals surface area contributed by atoms with Crippen molar-refractivity contribution in [1.29, 1.82) is 0 Å². The number of carbonyl (C=O) groups is 2. The molecule has 0 aliphatic carbocycles. The number of aromatic nitrogens is 1. The summed E-state index contributed by atoms with van der Waals surface area (Å²) in [6.45, 7) is 1.57. The maximum atomic E-state index is 12.5. The van der Waals surface area contributed by atoms with Crippen LogP contribution in [-0.2, 0) is 19.4 Å². The minimum Gasteiger partial charge on any atom is -0.495 e. The molecule has 10 heteroatoms. The van der Waals surface area contributed by atoms with Crippen molar-refractivity contribution in [2.75, 3.05) is 23.5 Å². The van der Waals surface area contributed by atoms with Crippen LogP contribution in [0.15, 0.2) is 35.8 Å². The molecular formula is C16H19N3O5S2. The van der Waals surface area contributed by atoms with Crippen molar-refractivity contribution in [3.63, 3.8) is 0 Å². The highest BCUT2D eigenvalue weighted by Crippen LogP contribution is 2.23. The SMILES string of the molecule is CCC(C(=O)Nc1nccs1)S(=O)(=O)CC(=O)Nc1ccccc1OC. The zero-order valence-corrected chi connectivity index (χ0v) is 15.9. The molecule has 26 heavy (non-hydrogen) atoms. The summed E-state index contributed by atoms with van der Waals surface area (Å²) in [6.07, 6.45) is 1.54. The second-order valence-corrected chi connectivity index (χ2v) is 8.36. The number of hydrogen-bond acceptors (Lipinski definition) is 7. The fraction of sp³-hybridized carbons (Fsp3) is 0.312. The summed E-state index contributed by atoms with van der Waals surface area (Å²) in [7, 11) is -2.56. The van der Waals surface area contributed by atoms with E-state index in [1.165, 1.54) is 24.6 Å². The Morgan fingerprint density at radius 1 is 1.27 bits per heavy atom. The number of thiazole rings is 1. The Bertz CT molecular complexity index is 866. The highest BCUT2D eigenvalue weighted by Gasteiger charge is 2.33. The van der Waals surface area contributed by atoms with E-state index in [4.69, 9.17) is 4.74 Å². The molecule has 8 nitrogen and oxygen atoms in total. The van der Waals surface area contributed by atoms with Crippen molar-refractivity contribution in [2.45, 2.75) is 18.6 Å². The van der Waals surface area contributed by atoms with Gasteiger partial charge in [0.25, 0.3) is 0 Å². The molecule has 0 bridgehead atoms. The highest BCUT2D eigenvalue weighted by atomic mass is 32.2. The Labute approximate surface area is 155 Å². The molecule has 2 rings (SSSR count). The number of hydrogen-bond donors (Lipinski definition) is 2. The number of nitrogens with one attached hydrogen (secondary N) is 2. The van der Waals surface area contributed by atoms with Gasteiger partial charge in [0, 0.05) is 11.6 Å². The molecule has 0 spiro atoms. The lowest BCUT2D eigenvalue weighted by Crippen LogP contribution is -2.39. The molecule has 0 aliphatic rings. The lowest BCUT2D eigenvalue weighted by atomic mass is 10.3. The van der Waals surface area contributed by atoms with Gasteiger partial charge in [0.2, 0.25) is 11.8 Å². The summed E-state index contributed by atoms with van der Waals surface area (Å²) in [5.74, 6) is -1.84. The topological polar surface area (TPSA) is 114 Å². The average molecular weight is 397 g/mol. The standard InChI is InChI=1S/C16H19N3O5S2/c1-3-13(15(21)19-16-17-8-9-25-16)26(22,23)10-14(20)18-11-6-4-5-7-12(11)24-2/h4-9,13H,3,10H2,1-2H3,(H,18,20)(H,17,19,21). The minimum atomic E-state index is -4.00. The second kappa shape index (κ2) is 8.77. The number of methoxy groups -OCH3 is 1. The van der Waals surface area contributed by atoms with Crippen LogP contribution in [0.2, 0.25) is 0 Å². The molecule has 1 atom stereocenters. The summed E-state index contributed by atoms with van der Waals surface area (Å²) in [5.41, 5.74) is 0.357. The third kappa shape index (κ3) is 5.02. The van der Waals surface area contributed by atoms with Crippen molar-refractivity contribution in [2.24, 2.45) is 0 Å². The number of ether oxygens (including phenoxy) is 1. The number of nitrogens with zero attached hydrogens (tertiary/aromatic N) is 1. The number of anilines is 2. The predicted molar refractivity (Wildman–Crippen MR) is 100 cm³/mol. The Morgan fingerprint density at radius 3 is 2.62 bits per heavy atom. The van der Waals surface area contributed by atoms with Crippen molar-refractivity contribution in [3.05, 3.63) is 35.8 Å². The van der Waals surface area contributed by atoms with Crippen molar-refractivity contribution >= 4 is 43.8 Å². The van der Waals surface area contributed by atoms with Crippen LogP contribution < -0.4 is 15.4 Å². The molecule has 1 aromatic carbocycles. The first-order valence-electron chi connectivity index (χ1n) is 7.72. The quantitative estimate of drug-likeness (QED) is 0.703. The molecule has 0 saturated carbocycles. The third-order valence-electron chi connectivity index (χ3n) is 3.47. The fourth-order valence-electron chi connectivity index (χ4n) is 2.29. The molecule has 1 aromatic heterocycles. The Balaban J connectivity index is 2.07. The summed E-state index contributed by atoms with van der Waals surface area (Å²) in [5, 5.41) is 5.58. The molecule has 140 valence electrons. The van der Waals surface area contributed by atoms with Gasteiger partial charge < -0.3 is 15.4 Å². The molecule has 0 saturated heterocycles. The lowest BCUT2D eigenvalue weighted by Gasteiger charge is -2.15. The molecule has 0 fully saturated rings. The monoisotopic (exact) mass is 397 g/mol. The minimum absolute atomic E-state index is 0.0431. The van der Waals surface area contributed by atoms with E-state index in [-0.39, 0.29) is 6.42 Å². The third-order valence-corrected chi connectivity index (χ3v) is 6.24. The molecule has 1 heterocycles. The van der Waals surface area contributed by atoms with Gasteiger partial charge in [0.1, 0.15) is 16.8 Å². The van der Waals surface area contributed by atoms with Crippen molar-refractivity contribution < 1.29 is 22.7 Å². The second-order valence-electron chi connectivity index (χ2n) is 5.28. The molecule has 1 unspecified atom stereocenters. The largest absolute Gasteiger partial charge is 0.495 e. The summed E-state index contributed by atoms with van der Waals surface area (Å²) < 4.78 is 30.1. The fourth-order valence-corrected chi connectivity index (χ4v) is 4.35. The smallest absolute Gasteiger partial charge is 0.244 e. The number of rotatable bonds is 8. The van der Waals surface area contributed by atoms with Crippen LogP contribution in [0.5, 0.6) is 5.75 Å². The molecule has 2 amide bonds. The van der Waals surface area contributed by atoms with Crippen LogP contribution in [0.1, 0.15) is 13.3 Å².